The molecule has 0 aliphatic heterocycles. The fraction of sp³-hybridized carbons (Fsp3) is 0.556. The lowest BCUT2D eigenvalue weighted by Crippen LogP contribution is -2.27. The number of benzene rings is 1. The number of carbonyl (C=O) groups excluding carboxylic acids is 1. The van der Waals surface area contributed by atoms with Crippen LogP contribution in [-0.2, 0) is 4.79 Å². The molecule has 1 aromatic carbocycles. The zero-order valence-electron chi connectivity index (χ0n) is 13.6. The van der Waals surface area contributed by atoms with Crippen LogP contribution in [0.15, 0.2) is 24.3 Å². The van der Waals surface area contributed by atoms with E-state index in [1.54, 1.807) is 0 Å². The molecule has 1 N–H and O–H groups in total. The van der Waals surface area contributed by atoms with Gasteiger partial charge in [-0.3, -0.25) is 4.79 Å². The number of para-hydroxylation sites is 1. The van der Waals surface area contributed by atoms with Crippen molar-refractivity contribution >= 4 is 11.6 Å². The summed E-state index contributed by atoms with van der Waals surface area (Å²) in [6.45, 7) is 0. The van der Waals surface area contributed by atoms with Gasteiger partial charge >= 0.3 is 0 Å². The summed E-state index contributed by atoms with van der Waals surface area (Å²) in [7, 11) is 0. The minimum Gasteiger partial charge on any atom is -0.325 e. The lowest BCUT2D eigenvalue weighted by molar-refractivity contribution is -0.121. The van der Waals surface area contributed by atoms with Crippen molar-refractivity contribution in [3.8, 4) is 11.4 Å². The van der Waals surface area contributed by atoms with Crippen molar-refractivity contribution < 1.29 is 4.79 Å². The van der Waals surface area contributed by atoms with E-state index >= 15 is 0 Å². The van der Waals surface area contributed by atoms with E-state index < -0.39 is 0 Å². The van der Waals surface area contributed by atoms with Gasteiger partial charge in [-0.05, 0) is 66.5 Å². The SMILES string of the molecule is O=C(Nc1ccccc1-c1nnnn1C1CC1)[C@H]1C[C@H]2CC[C@H]1C2. The molecule has 24 heavy (non-hydrogen) atoms. The standard InChI is InChI=1S/C18H21N5O/c24-18(15-10-11-5-6-12(15)9-11)19-16-4-2-1-3-14(16)17-20-21-22-23(17)13-7-8-13/h1-4,11-13,15H,5-10H2,(H,19,24)/t11-,12-,15-/m0/s1. The minimum atomic E-state index is 0.167. The molecule has 2 bridgehead atoms. The number of aromatic nitrogens is 4. The maximum atomic E-state index is 12.8. The van der Waals surface area contributed by atoms with Crippen molar-refractivity contribution in [1.29, 1.82) is 0 Å². The van der Waals surface area contributed by atoms with Gasteiger partial charge in [-0.1, -0.05) is 18.6 Å². The zero-order chi connectivity index (χ0) is 16.1. The molecule has 6 heteroatoms. The van der Waals surface area contributed by atoms with Crippen molar-refractivity contribution in [2.75, 3.05) is 5.32 Å². The first-order valence-corrected chi connectivity index (χ1v) is 8.97. The number of hydrogen-bond acceptors (Lipinski definition) is 4. The van der Waals surface area contributed by atoms with Crippen LogP contribution in [0.25, 0.3) is 11.4 Å². The number of nitrogens with zero attached hydrogens (tertiary/aromatic N) is 4. The summed E-state index contributed by atoms with van der Waals surface area (Å²) in [6, 6.07) is 8.26. The molecule has 6 nitrogen and oxygen atoms in total. The van der Waals surface area contributed by atoms with Gasteiger partial charge in [-0.25, -0.2) is 4.68 Å². The monoisotopic (exact) mass is 323 g/mol. The van der Waals surface area contributed by atoms with Gasteiger partial charge in [-0.15, -0.1) is 5.10 Å². The lowest BCUT2D eigenvalue weighted by Gasteiger charge is -2.21. The van der Waals surface area contributed by atoms with Crippen molar-refractivity contribution in [2.45, 2.75) is 44.6 Å². The van der Waals surface area contributed by atoms with Crippen LogP contribution in [0, 0.1) is 17.8 Å². The van der Waals surface area contributed by atoms with E-state index in [4.69, 9.17) is 0 Å². The molecule has 124 valence electrons. The average Bonchev–Trinajstić information content (AvgIpc) is 3.02. The Kier molecular flexibility index (Phi) is 3.18. The van der Waals surface area contributed by atoms with E-state index in [9.17, 15) is 4.79 Å². The molecule has 3 fully saturated rings. The van der Waals surface area contributed by atoms with Crippen LogP contribution in [-0.4, -0.2) is 26.1 Å². The summed E-state index contributed by atoms with van der Waals surface area (Å²) >= 11 is 0. The van der Waals surface area contributed by atoms with E-state index in [1.165, 1.54) is 19.3 Å². The van der Waals surface area contributed by atoms with Gasteiger partial charge in [0.25, 0.3) is 0 Å². The normalized spacial score (nSPS) is 28.2. The largest absolute Gasteiger partial charge is 0.325 e. The fourth-order valence-electron chi connectivity index (χ4n) is 4.51. The molecular weight excluding hydrogens is 302 g/mol. The third-order valence-corrected chi connectivity index (χ3v) is 5.89. The molecule has 5 rings (SSSR count). The summed E-state index contributed by atoms with van der Waals surface area (Å²) in [5.74, 6) is 2.44. The molecule has 0 spiro atoms. The highest BCUT2D eigenvalue weighted by Crippen LogP contribution is 2.48. The van der Waals surface area contributed by atoms with Gasteiger partial charge in [-0.2, -0.15) is 0 Å². The molecule has 0 unspecified atom stereocenters. The Labute approximate surface area is 140 Å². The smallest absolute Gasteiger partial charge is 0.227 e. The number of amides is 1. The summed E-state index contributed by atoms with van der Waals surface area (Å²) in [5.41, 5.74) is 1.73. The van der Waals surface area contributed by atoms with Crippen LogP contribution in [0.1, 0.15) is 44.6 Å². The first kappa shape index (κ1) is 14.1. The molecular formula is C18H21N5O. The van der Waals surface area contributed by atoms with Gasteiger partial charge in [0, 0.05) is 11.5 Å². The second kappa shape index (κ2) is 5.40. The quantitative estimate of drug-likeness (QED) is 0.938. The molecule has 0 saturated heterocycles. The van der Waals surface area contributed by atoms with Crippen LogP contribution in [0.5, 0.6) is 0 Å². The number of fused-ring (bicyclic) bond motifs is 2. The fourth-order valence-corrected chi connectivity index (χ4v) is 4.51. The third-order valence-electron chi connectivity index (χ3n) is 5.89. The molecule has 1 aromatic heterocycles. The number of hydrogen-bond donors (Lipinski definition) is 1. The molecule has 3 saturated carbocycles. The Bertz CT molecular complexity index is 781. The van der Waals surface area contributed by atoms with E-state index in [2.05, 4.69) is 20.8 Å². The van der Waals surface area contributed by atoms with E-state index in [0.717, 1.165) is 42.3 Å². The molecule has 1 amide bonds. The highest BCUT2D eigenvalue weighted by Gasteiger charge is 2.43. The Hall–Kier alpha value is -2.24. The number of tetrazole rings is 1. The number of anilines is 1. The lowest BCUT2D eigenvalue weighted by atomic mass is 9.88. The second-order valence-electron chi connectivity index (χ2n) is 7.49. The first-order valence-electron chi connectivity index (χ1n) is 8.97. The van der Waals surface area contributed by atoms with Crippen LogP contribution >= 0.6 is 0 Å². The number of rotatable bonds is 4. The second-order valence-corrected chi connectivity index (χ2v) is 7.49. The average molecular weight is 323 g/mol. The van der Waals surface area contributed by atoms with Crippen LogP contribution in [0.3, 0.4) is 0 Å². The summed E-state index contributed by atoms with van der Waals surface area (Å²) in [6.07, 6.45) is 7.05. The van der Waals surface area contributed by atoms with Gasteiger partial charge < -0.3 is 5.32 Å². The summed E-state index contributed by atoms with van der Waals surface area (Å²) in [5, 5.41) is 15.3. The Morgan fingerprint density at radius 1 is 1.12 bits per heavy atom. The maximum Gasteiger partial charge on any atom is 0.227 e. The van der Waals surface area contributed by atoms with Gasteiger partial charge in [0.2, 0.25) is 5.91 Å². The van der Waals surface area contributed by atoms with Crippen molar-refractivity contribution in [3.63, 3.8) is 0 Å². The zero-order valence-corrected chi connectivity index (χ0v) is 13.6. The van der Waals surface area contributed by atoms with Crippen LogP contribution in [0.2, 0.25) is 0 Å². The van der Waals surface area contributed by atoms with Crippen molar-refractivity contribution in [2.24, 2.45) is 17.8 Å². The third kappa shape index (κ3) is 2.32. The number of carbonyl (C=O) groups is 1. The number of nitrogens with one attached hydrogen (secondary N) is 1. The maximum absolute atomic E-state index is 12.8. The predicted octanol–water partition coefficient (Wildman–Crippen LogP) is 3.05. The first-order chi connectivity index (χ1) is 11.8. The van der Waals surface area contributed by atoms with E-state index in [0.29, 0.717) is 12.0 Å². The minimum absolute atomic E-state index is 0.167. The Morgan fingerprint density at radius 3 is 2.75 bits per heavy atom. The molecule has 3 aliphatic rings. The highest BCUT2D eigenvalue weighted by atomic mass is 16.1. The van der Waals surface area contributed by atoms with Gasteiger partial charge in [0.15, 0.2) is 5.82 Å². The van der Waals surface area contributed by atoms with Gasteiger partial charge in [0.05, 0.1) is 11.7 Å². The molecule has 3 aliphatic carbocycles. The van der Waals surface area contributed by atoms with Crippen molar-refractivity contribution in [3.05, 3.63) is 24.3 Å². The van der Waals surface area contributed by atoms with E-state index in [1.807, 2.05) is 28.9 Å². The Balaban J connectivity index is 1.42. The summed E-state index contributed by atoms with van der Waals surface area (Å²) < 4.78 is 1.89. The van der Waals surface area contributed by atoms with Crippen LogP contribution in [0.4, 0.5) is 5.69 Å². The predicted molar refractivity (Wildman–Crippen MR) is 89.1 cm³/mol. The topological polar surface area (TPSA) is 72.7 Å². The molecule has 0 radical (unpaired) electrons. The van der Waals surface area contributed by atoms with Crippen molar-refractivity contribution in [1.82, 2.24) is 20.2 Å². The molecule has 2 aromatic rings. The van der Waals surface area contributed by atoms with Gasteiger partial charge in [0.1, 0.15) is 0 Å². The molecule has 3 atom stereocenters. The Morgan fingerprint density at radius 2 is 2.00 bits per heavy atom. The van der Waals surface area contributed by atoms with Crippen LogP contribution < -0.4 is 5.32 Å². The summed E-state index contributed by atoms with van der Waals surface area (Å²) in [4.78, 5) is 12.8. The highest BCUT2D eigenvalue weighted by molar-refractivity contribution is 5.96. The molecule has 1 heterocycles. The van der Waals surface area contributed by atoms with E-state index in [-0.39, 0.29) is 11.8 Å².